The summed E-state index contributed by atoms with van der Waals surface area (Å²) >= 11 is 0. The van der Waals surface area contributed by atoms with Gasteiger partial charge in [0.1, 0.15) is 6.61 Å². The molecule has 0 N–H and O–H groups in total. The van der Waals surface area contributed by atoms with Crippen molar-refractivity contribution in [2.75, 3.05) is 34.0 Å². The first-order chi connectivity index (χ1) is 20.7. The molecule has 8 nitrogen and oxygen atoms in total. The molecule has 3 rings (SSSR count). The number of carbonyl (C=O) groups is 3. The van der Waals surface area contributed by atoms with Gasteiger partial charge in [-0.15, -0.1) is 0 Å². The van der Waals surface area contributed by atoms with Crippen LogP contribution in [0.1, 0.15) is 62.9 Å². The van der Waals surface area contributed by atoms with E-state index in [1.807, 2.05) is 70.2 Å². The van der Waals surface area contributed by atoms with Gasteiger partial charge < -0.3 is 18.9 Å². The second-order valence-corrected chi connectivity index (χ2v) is 11.7. The van der Waals surface area contributed by atoms with Gasteiger partial charge in [0.05, 0.1) is 19.8 Å². The normalized spacial score (nSPS) is 16.5. The van der Waals surface area contributed by atoms with E-state index in [1.54, 1.807) is 32.4 Å². The number of nitrogens with zero attached hydrogens (tertiary/aromatic N) is 1. The summed E-state index contributed by atoms with van der Waals surface area (Å²) in [6.45, 7) is 9.29. The number of allylic oxidation sites excluding steroid dienone is 2. The summed E-state index contributed by atoms with van der Waals surface area (Å²) in [7, 11) is 3.22. The highest BCUT2D eigenvalue weighted by molar-refractivity contribution is 5.98. The van der Waals surface area contributed by atoms with Gasteiger partial charge in [-0.05, 0) is 54.9 Å². The molecule has 234 valence electrons. The van der Waals surface area contributed by atoms with Crippen molar-refractivity contribution in [2.24, 2.45) is 23.7 Å². The molecule has 1 aliphatic rings. The molecule has 0 saturated carbocycles. The van der Waals surface area contributed by atoms with Crippen LogP contribution in [0.25, 0.3) is 0 Å². The van der Waals surface area contributed by atoms with Gasteiger partial charge in [-0.1, -0.05) is 70.2 Å². The average molecular weight is 594 g/mol. The van der Waals surface area contributed by atoms with Crippen LogP contribution in [0.5, 0.6) is 11.5 Å². The Morgan fingerprint density at radius 3 is 2.23 bits per heavy atom. The van der Waals surface area contributed by atoms with E-state index in [-0.39, 0.29) is 48.0 Å². The summed E-state index contributed by atoms with van der Waals surface area (Å²) in [6.07, 6.45) is 5.67. The van der Waals surface area contributed by atoms with Gasteiger partial charge in [0.15, 0.2) is 17.3 Å². The molecule has 0 radical (unpaired) electrons. The molecule has 2 aromatic carbocycles. The van der Waals surface area contributed by atoms with Crippen molar-refractivity contribution in [3.05, 3.63) is 71.8 Å². The molecule has 43 heavy (non-hydrogen) atoms. The summed E-state index contributed by atoms with van der Waals surface area (Å²) in [5.74, 6) is 0.424. The van der Waals surface area contributed by atoms with Crippen LogP contribution < -0.4 is 9.47 Å². The van der Waals surface area contributed by atoms with Gasteiger partial charge in [-0.25, -0.2) is 9.69 Å². The first-order valence-electron chi connectivity index (χ1n) is 15.2. The molecule has 3 atom stereocenters. The second-order valence-electron chi connectivity index (χ2n) is 11.7. The molecule has 0 bridgehead atoms. The van der Waals surface area contributed by atoms with Crippen LogP contribution >= 0.6 is 0 Å². The number of hydrogen-bond acceptors (Lipinski definition) is 7. The summed E-state index contributed by atoms with van der Waals surface area (Å²) < 4.78 is 21.7. The highest BCUT2D eigenvalue weighted by atomic mass is 16.6. The maximum Gasteiger partial charge on any atom is 0.416 e. The zero-order valence-corrected chi connectivity index (χ0v) is 26.4. The van der Waals surface area contributed by atoms with Crippen molar-refractivity contribution in [1.29, 1.82) is 0 Å². The zero-order chi connectivity index (χ0) is 31.4. The first-order valence-corrected chi connectivity index (χ1v) is 15.2. The number of methoxy groups -OCH3 is 2. The molecule has 1 unspecified atom stereocenters. The van der Waals surface area contributed by atoms with E-state index < -0.39 is 6.09 Å². The fraction of sp³-hybridized carbons (Fsp3) is 0.514. The number of imide groups is 1. The summed E-state index contributed by atoms with van der Waals surface area (Å²) in [5, 5.41) is 0. The van der Waals surface area contributed by atoms with Crippen molar-refractivity contribution in [3.63, 3.8) is 0 Å². The van der Waals surface area contributed by atoms with Crippen LogP contribution in [-0.4, -0.2) is 62.8 Å². The zero-order valence-electron chi connectivity index (χ0n) is 26.4. The summed E-state index contributed by atoms with van der Waals surface area (Å²) in [5.41, 5.74) is 1.62. The summed E-state index contributed by atoms with van der Waals surface area (Å²) in [4.78, 5) is 41.1. The predicted molar refractivity (Wildman–Crippen MR) is 166 cm³/mol. The Labute approximate surface area is 256 Å². The number of ketones is 1. The van der Waals surface area contributed by atoms with Crippen LogP contribution in [0.4, 0.5) is 4.79 Å². The third kappa shape index (κ3) is 9.42. The maximum atomic E-state index is 13.6. The Balaban J connectivity index is 1.67. The molecule has 8 heteroatoms. The molecule has 0 spiro atoms. The molecule has 1 fully saturated rings. The third-order valence-electron chi connectivity index (χ3n) is 7.92. The maximum absolute atomic E-state index is 13.6. The van der Waals surface area contributed by atoms with E-state index in [0.29, 0.717) is 49.5 Å². The first kappa shape index (κ1) is 33.8. The van der Waals surface area contributed by atoms with Crippen LogP contribution in [0.2, 0.25) is 0 Å². The van der Waals surface area contributed by atoms with Gasteiger partial charge in [0.2, 0.25) is 5.91 Å². The third-order valence-corrected chi connectivity index (χ3v) is 7.92. The minimum absolute atomic E-state index is 0.0204. The number of hydrogen-bond donors (Lipinski definition) is 0. The number of Topliss-reactive ketones (excluding diaryl/α,β-unsaturated/α-hetero) is 1. The van der Waals surface area contributed by atoms with Crippen LogP contribution in [0.3, 0.4) is 0 Å². The molecular weight excluding hydrogens is 546 g/mol. The quantitative estimate of drug-likeness (QED) is 0.114. The fourth-order valence-electron chi connectivity index (χ4n) is 5.31. The van der Waals surface area contributed by atoms with Gasteiger partial charge in [0, 0.05) is 37.5 Å². The number of amides is 2. The number of benzene rings is 2. The average Bonchev–Trinajstić information content (AvgIpc) is 3.35. The Kier molecular flexibility index (Phi) is 13.3. The van der Waals surface area contributed by atoms with Crippen molar-refractivity contribution in [2.45, 2.75) is 59.4 Å². The van der Waals surface area contributed by atoms with Crippen LogP contribution in [-0.2, 0) is 20.7 Å². The van der Waals surface area contributed by atoms with Crippen molar-refractivity contribution in [3.8, 4) is 11.5 Å². The lowest BCUT2D eigenvalue weighted by Gasteiger charge is -2.26. The Hall–Kier alpha value is -3.65. The Bertz CT molecular complexity index is 1220. The molecule has 1 saturated heterocycles. The van der Waals surface area contributed by atoms with Crippen LogP contribution in [0.15, 0.2) is 60.7 Å². The van der Waals surface area contributed by atoms with Crippen molar-refractivity contribution in [1.82, 2.24) is 4.90 Å². The lowest BCUT2D eigenvalue weighted by Crippen LogP contribution is -2.44. The van der Waals surface area contributed by atoms with E-state index in [4.69, 9.17) is 18.9 Å². The minimum atomic E-state index is -0.576. The standard InChI is InChI=1S/C35H47NO7/c1-24(2)29(33(37)27-17-18-31(41-6)32(22-27)42-20-12-19-40-5)15-10-11-16-30(25(3)4)34(38)36-28(23-43-35(36)39)21-26-13-8-7-9-14-26/h7-11,13-14,17-18,22,24-25,28-30H,12,15-16,19-21,23H2,1-6H3/b11-10+/t28-,29?,30-/m1/s1. The molecule has 0 aromatic heterocycles. The highest BCUT2D eigenvalue weighted by Crippen LogP contribution is 2.31. The smallest absolute Gasteiger partial charge is 0.416 e. The van der Waals surface area contributed by atoms with Gasteiger partial charge in [-0.3, -0.25) is 9.59 Å². The molecule has 1 aliphatic heterocycles. The van der Waals surface area contributed by atoms with E-state index in [0.717, 1.165) is 12.0 Å². The monoisotopic (exact) mass is 593 g/mol. The summed E-state index contributed by atoms with van der Waals surface area (Å²) in [6, 6.07) is 14.8. The fourth-order valence-corrected chi connectivity index (χ4v) is 5.31. The van der Waals surface area contributed by atoms with Gasteiger partial charge in [0.25, 0.3) is 0 Å². The number of carbonyl (C=O) groups excluding carboxylic acids is 3. The van der Waals surface area contributed by atoms with Crippen molar-refractivity contribution < 1.29 is 33.3 Å². The van der Waals surface area contributed by atoms with E-state index >= 15 is 0 Å². The molecular formula is C35H47NO7. The largest absolute Gasteiger partial charge is 0.493 e. The van der Waals surface area contributed by atoms with E-state index in [2.05, 4.69) is 0 Å². The van der Waals surface area contributed by atoms with E-state index in [9.17, 15) is 14.4 Å². The SMILES string of the molecule is COCCCOc1cc(C(=O)C(C/C=C/C[C@@H](C(=O)N2C(=O)OC[C@H]2Cc2ccccc2)C(C)C)C(C)C)ccc1OC. The Morgan fingerprint density at radius 1 is 0.930 bits per heavy atom. The lowest BCUT2D eigenvalue weighted by molar-refractivity contribution is -0.134. The van der Waals surface area contributed by atoms with Gasteiger partial charge >= 0.3 is 6.09 Å². The number of ether oxygens (including phenoxy) is 4. The molecule has 1 heterocycles. The second kappa shape index (κ2) is 16.8. The number of cyclic esters (lactones) is 1. The van der Waals surface area contributed by atoms with Gasteiger partial charge in [-0.2, -0.15) is 0 Å². The Morgan fingerprint density at radius 2 is 1.60 bits per heavy atom. The lowest BCUT2D eigenvalue weighted by atomic mass is 9.84. The highest BCUT2D eigenvalue weighted by Gasteiger charge is 2.41. The molecule has 0 aliphatic carbocycles. The minimum Gasteiger partial charge on any atom is -0.493 e. The molecule has 2 amide bonds. The number of rotatable bonds is 17. The predicted octanol–water partition coefficient (Wildman–Crippen LogP) is 6.76. The topological polar surface area (TPSA) is 91.4 Å². The van der Waals surface area contributed by atoms with Crippen LogP contribution in [0, 0.1) is 23.7 Å². The van der Waals surface area contributed by atoms with Crippen molar-refractivity contribution >= 4 is 17.8 Å². The molecule has 2 aromatic rings. The van der Waals surface area contributed by atoms with E-state index in [1.165, 1.54) is 4.90 Å².